The molecule has 1 N–H and O–H groups in total. The van der Waals surface area contributed by atoms with Crippen LogP contribution in [0.5, 0.6) is 5.75 Å². The minimum atomic E-state index is -5.67. The zero-order chi connectivity index (χ0) is 30.6. The summed E-state index contributed by atoms with van der Waals surface area (Å²) < 4.78 is 148. The molecule has 2 aromatic rings. The Morgan fingerprint density at radius 2 is 1.71 bits per heavy atom. The minimum absolute atomic E-state index is 0.0600. The molecule has 0 aromatic heterocycles. The summed E-state index contributed by atoms with van der Waals surface area (Å²) in [6.07, 6.45) is -2.05. The van der Waals surface area contributed by atoms with Crippen LogP contribution in [0.1, 0.15) is 52.9 Å². The van der Waals surface area contributed by atoms with E-state index in [1.165, 1.54) is 24.3 Å². The number of carbonyl (C=O) groups is 1. The molecule has 41 heavy (non-hydrogen) atoms. The molecule has 0 saturated heterocycles. The van der Waals surface area contributed by atoms with Crippen LogP contribution < -0.4 is 9.46 Å². The highest BCUT2D eigenvalue weighted by Gasteiger charge is 2.47. The van der Waals surface area contributed by atoms with Gasteiger partial charge in [-0.2, -0.15) is 17.9 Å². The number of hydrogen-bond donors (Lipinski definition) is 1. The average Bonchev–Trinajstić information content (AvgIpc) is 3.22. The molecule has 0 spiro atoms. The largest absolute Gasteiger partial charge is 0.573 e. The summed E-state index contributed by atoms with van der Waals surface area (Å²) in [4.78, 5) is 11.7. The van der Waals surface area contributed by atoms with E-state index in [2.05, 4.69) is 4.74 Å². The summed E-state index contributed by atoms with van der Waals surface area (Å²) in [7, 11) is -10.6. The van der Waals surface area contributed by atoms with E-state index in [1.807, 2.05) is 0 Å². The van der Waals surface area contributed by atoms with Crippen molar-refractivity contribution in [2.45, 2.75) is 54.7 Å². The first-order valence-electron chi connectivity index (χ1n) is 11.7. The fraction of sp³-hybridized carbons (Fsp3) is 0.320. The van der Waals surface area contributed by atoms with Gasteiger partial charge in [-0.15, -0.1) is 13.2 Å². The fourth-order valence-corrected chi connectivity index (χ4v) is 7.22. The van der Waals surface area contributed by atoms with Gasteiger partial charge in [0.15, 0.2) is 5.78 Å². The van der Waals surface area contributed by atoms with Crippen molar-refractivity contribution in [1.29, 1.82) is 0 Å². The second-order valence-corrected chi connectivity index (χ2v) is 13.1. The number of halogens is 7. The Morgan fingerprint density at radius 1 is 1.02 bits per heavy atom. The topological polar surface area (TPSA) is 107 Å². The maximum atomic E-state index is 15.2. The van der Waals surface area contributed by atoms with Crippen molar-refractivity contribution in [2.75, 3.05) is 0 Å². The average molecular weight is 628 g/mol. The Morgan fingerprint density at radius 3 is 2.32 bits per heavy atom. The standard InChI is InChI=1S/C25H20F7NO6S2/c1-23(26)11-3-2-4-21(23)40(35,36)20-13-16(39-24(27,28)29)7-9-18(20)22(34)15-5-8-17-14(12-15)6-10-19(17)33-41(37,38)25(30,31)32/h2-5,7-9,12-13,19,33H,6,10-11H2,1H3. The van der Waals surface area contributed by atoms with Crippen LogP contribution in [-0.2, 0) is 26.3 Å². The van der Waals surface area contributed by atoms with Crippen LogP contribution in [0.25, 0.3) is 0 Å². The number of ether oxygens (including phenoxy) is 1. The fourth-order valence-electron chi connectivity index (χ4n) is 4.61. The van der Waals surface area contributed by atoms with Crippen LogP contribution in [0.2, 0.25) is 0 Å². The van der Waals surface area contributed by atoms with Crippen molar-refractivity contribution in [1.82, 2.24) is 4.72 Å². The number of alkyl halides is 7. The molecule has 16 heteroatoms. The number of allylic oxidation sites excluding steroid dienone is 4. The zero-order valence-electron chi connectivity index (χ0n) is 20.8. The number of ketones is 1. The maximum Gasteiger partial charge on any atom is 0.573 e. The molecule has 2 aliphatic rings. The number of carbonyl (C=O) groups excluding carboxylic acids is 1. The van der Waals surface area contributed by atoms with Gasteiger partial charge < -0.3 is 4.74 Å². The lowest BCUT2D eigenvalue weighted by atomic mass is 9.98. The van der Waals surface area contributed by atoms with Gasteiger partial charge in [-0.1, -0.05) is 24.3 Å². The molecule has 0 bridgehead atoms. The number of nitrogens with one attached hydrogen (secondary N) is 1. The van der Waals surface area contributed by atoms with Crippen molar-refractivity contribution in [3.63, 3.8) is 0 Å². The van der Waals surface area contributed by atoms with E-state index in [-0.39, 0.29) is 30.4 Å². The molecule has 2 aliphatic carbocycles. The Bertz CT molecular complexity index is 1670. The van der Waals surface area contributed by atoms with E-state index in [0.717, 1.165) is 25.1 Å². The van der Waals surface area contributed by atoms with Crippen LogP contribution in [0.3, 0.4) is 0 Å². The molecule has 0 aliphatic heterocycles. The van der Waals surface area contributed by atoms with Gasteiger partial charge in [0.1, 0.15) is 11.4 Å². The molecule has 0 amide bonds. The van der Waals surface area contributed by atoms with Gasteiger partial charge in [0, 0.05) is 29.7 Å². The van der Waals surface area contributed by atoms with Crippen molar-refractivity contribution in [3.05, 3.63) is 81.8 Å². The van der Waals surface area contributed by atoms with E-state index in [0.29, 0.717) is 17.7 Å². The van der Waals surface area contributed by atoms with Gasteiger partial charge in [0.2, 0.25) is 9.84 Å². The lowest BCUT2D eigenvalue weighted by Gasteiger charge is -2.25. The van der Waals surface area contributed by atoms with Gasteiger partial charge in [-0.25, -0.2) is 21.2 Å². The third-order valence-corrected chi connectivity index (χ3v) is 9.76. The van der Waals surface area contributed by atoms with Gasteiger partial charge in [-0.3, -0.25) is 4.79 Å². The number of benzene rings is 2. The Hall–Kier alpha value is -3.24. The lowest BCUT2D eigenvalue weighted by molar-refractivity contribution is -0.274. The normalized spacial score (nSPS) is 21.4. The lowest BCUT2D eigenvalue weighted by Crippen LogP contribution is -2.38. The maximum absolute atomic E-state index is 15.2. The highest BCUT2D eigenvalue weighted by molar-refractivity contribution is 7.95. The molecule has 4 rings (SSSR count). The smallest absolute Gasteiger partial charge is 0.406 e. The minimum Gasteiger partial charge on any atom is -0.406 e. The first kappa shape index (κ1) is 30.7. The molecule has 0 heterocycles. The van der Waals surface area contributed by atoms with Gasteiger partial charge in [0.05, 0.1) is 9.80 Å². The van der Waals surface area contributed by atoms with Crippen LogP contribution in [-0.4, -0.2) is 40.2 Å². The van der Waals surface area contributed by atoms with Crippen molar-refractivity contribution in [2.24, 2.45) is 0 Å². The summed E-state index contributed by atoms with van der Waals surface area (Å²) in [5, 5.41) is 0. The number of aryl methyl sites for hydroxylation is 1. The van der Waals surface area contributed by atoms with E-state index in [9.17, 15) is 48.0 Å². The molecular formula is C25H20F7NO6S2. The number of hydrogen-bond acceptors (Lipinski definition) is 6. The molecule has 7 nitrogen and oxygen atoms in total. The molecule has 0 fully saturated rings. The third kappa shape index (κ3) is 6.18. The molecule has 2 aromatic carbocycles. The SMILES string of the molecule is CC1(F)CC=CC=C1S(=O)(=O)c1cc(OC(F)(F)F)ccc1C(=O)c1ccc2c(c1)CCC2NS(=O)(=O)C(F)(F)F. The molecule has 2 unspecified atom stereocenters. The van der Waals surface area contributed by atoms with Crippen LogP contribution in [0.15, 0.2) is 64.4 Å². The Balaban J connectivity index is 1.77. The third-order valence-electron chi connectivity index (χ3n) is 6.49. The highest BCUT2D eigenvalue weighted by Crippen LogP contribution is 2.40. The molecule has 0 radical (unpaired) electrons. The van der Waals surface area contributed by atoms with Crippen LogP contribution in [0.4, 0.5) is 30.7 Å². The monoisotopic (exact) mass is 627 g/mol. The predicted molar refractivity (Wildman–Crippen MR) is 131 cm³/mol. The van der Waals surface area contributed by atoms with Crippen LogP contribution >= 0.6 is 0 Å². The van der Waals surface area contributed by atoms with Gasteiger partial charge in [-0.05, 0) is 55.2 Å². The summed E-state index contributed by atoms with van der Waals surface area (Å²) in [6, 6.07) is 4.22. The second kappa shape index (κ2) is 10.2. The predicted octanol–water partition coefficient (Wildman–Crippen LogP) is 5.59. The number of rotatable bonds is 7. The second-order valence-electron chi connectivity index (χ2n) is 9.47. The van der Waals surface area contributed by atoms with Gasteiger partial charge in [0.25, 0.3) is 0 Å². The van der Waals surface area contributed by atoms with Crippen molar-refractivity contribution >= 4 is 25.6 Å². The molecule has 2 atom stereocenters. The van der Waals surface area contributed by atoms with E-state index in [4.69, 9.17) is 0 Å². The van der Waals surface area contributed by atoms with E-state index in [1.54, 1.807) is 4.72 Å². The summed E-state index contributed by atoms with van der Waals surface area (Å²) in [5.41, 5.74) is -8.34. The Labute approximate surface area is 229 Å². The molecular weight excluding hydrogens is 607 g/mol. The zero-order valence-corrected chi connectivity index (χ0v) is 22.4. The van der Waals surface area contributed by atoms with E-state index >= 15 is 4.39 Å². The molecule has 222 valence electrons. The molecule has 0 saturated carbocycles. The van der Waals surface area contributed by atoms with Crippen molar-refractivity contribution < 1.29 is 57.1 Å². The number of sulfonamides is 1. The first-order valence-corrected chi connectivity index (χ1v) is 14.7. The Kier molecular flexibility index (Phi) is 7.67. The van der Waals surface area contributed by atoms with Gasteiger partial charge >= 0.3 is 21.9 Å². The summed E-state index contributed by atoms with van der Waals surface area (Å²) >= 11 is 0. The number of sulfone groups is 1. The summed E-state index contributed by atoms with van der Waals surface area (Å²) in [5.74, 6) is -1.98. The van der Waals surface area contributed by atoms with Crippen molar-refractivity contribution in [3.8, 4) is 5.75 Å². The highest BCUT2D eigenvalue weighted by atomic mass is 32.2. The van der Waals surface area contributed by atoms with Crippen LogP contribution in [0, 0.1) is 0 Å². The first-order chi connectivity index (χ1) is 18.7. The van der Waals surface area contributed by atoms with E-state index < -0.39 is 70.3 Å². The summed E-state index contributed by atoms with van der Waals surface area (Å²) in [6.45, 7) is 0.960. The number of fused-ring (bicyclic) bond motifs is 1. The quantitative estimate of drug-likeness (QED) is 0.317.